The molecule has 0 saturated carbocycles. The summed E-state index contributed by atoms with van der Waals surface area (Å²) in [5, 5.41) is 20.2. The van der Waals surface area contributed by atoms with Crippen molar-refractivity contribution in [3.63, 3.8) is 0 Å². The van der Waals surface area contributed by atoms with Gasteiger partial charge in [-0.2, -0.15) is 0 Å². The summed E-state index contributed by atoms with van der Waals surface area (Å²) in [5.74, 6) is -0.704. The number of carbonyl (C=O) groups is 1. The first-order chi connectivity index (χ1) is 11.0. The molecule has 124 valence electrons. The Morgan fingerprint density at radius 2 is 2.13 bits per heavy atom. The molecule has 5 N–H and O–H groups in total. The number of nitrogens with one attached hydrogen (secondary N) is 1. The predicted octanol–water partition coefficient (Wildman–Crippen LogP) is 0.448. The SMILES string of the molecule is CCOC(=O)c1c[nH]c2ccc(C(O)C(O)CCN)cc2c1=O. The van der Waals surface area contributed by atoms with Crippen LogP contribution in [0.3, 0.4) is 0 Å². The summed E-state index contributed by atoms with van der Waals surface area (Å²) in [6.45, 7) is 2.06. The average molecular weight is 320 g/mol. The van der Waals surface area contributed by atoms with E-state index in [1.807, 2.05) is 0 Å². The summed E-state index contributed by atoms with van der Waals surface area (Å²) in [7, 11) is 0. The zero-order chi connectivity index (χ0) is 17.0. The number of pyridine rings is 1. The number of carbonyl (C=O) groups excluding carboxylic acids is 1. The van der Waals surface area contributed by atoms with E-state index in [1.165, 1.54) is 12.3 Å². The molecule has 0 aliphatic heterocycles. The number of esters is 1. The normalized spacial score (nSPS) is 13.7. The van der Waals surface area contributed by atoms with E-state index in [0.29, 0.717) is 11.1 Å². The molecule has 0 bridgehead atoms. The van der Waals surface area contributed by atoms with Gasteiger partial charge in [0.2, 0.25) is 5.43 Å². The number of aromatic nitrogens is 1. The molecule has 0 spiro atoms. The maximum absolute atomic E-state index is 12.4. The van der Waals surface area contributed by atoms with Gasteiger partial charge in [-0.05, 0) is 37.6 Å². The van der Waals surface area contributed by atoms with Gasteiger partial charge >= 0.3 is 5.97 Å². The molecule has 0 aliphatic carbocycles. The molecule has 7 heteroatoms. The third-order valence-electron chi connectivity index (χ3n) is 3.57. The van der Waals surface area contributed by atoms with E-state index in [0.717, 1.165) is 0 Å². The first-order valence-electron chi connectivity index (χ1n) is 7.38. The fraction of sp³-hybridized carbons (Fsp3) is 0.375. The van der Waals surface area contributed by atoms with Crippen molar-refractivity contribution >= 4 is 16.9 Å². The second kappa shape index (κ2) is 7.36. The lowest BCUT2D eigenvalue weighted by Gasteiger charge is -2.17. The minimum atomic E-state index is -1.16. The lowest BCUT2D eigenvalue weighted by Crippen LogP contribution is -2.22. The van der Waals surface area contributed by atoms with Gasteiger partial charge in [-0.3, -0.25) is 4.79 Å². The molecular formula is C16H20N2O5. The fourth-order valence-corrected chi connectivity index (χ4v) is 2.33. The van der Waals surface area contributed by atoms with Crippen LogP contribution in [0.2, 0.25) is 0 Å². The molecule has 0 radical (unpaired) electrons. The predicted molar refractivity (Wildman–Crippen MR) is 85.2 cm³/mol. The van der Waals surface area contributed by atoms with E-state index >= 15 is 0 Å². The molecule has 2 unspecified atom stereocenters. The lowest BCUT2D eigenvalue weighted by molar-refractivity contribution is 0.0151. The Kier molecular flexibility index (Phi) is 5.49. The lowest BCUT2D eigenvalue weighted by atomic mass is 9.99. The molecule has 2 aromatic rings. The topological polar surface area (TPSA) is 126 Å². The van der Waals surface area contributed by atoms with Gasteiger partial charge < -0.3 is 25.7 Å². The molecular weight excluding hydrogens is 300 g/mol. The van der Waals surface area contributed by atoms with Crippen LogP contribution in [-0.2, 0) is 4.74 Å². The quantitative estimate of drug-likeness (QED) is 0.573. The highest BCUT2D eigenvalue weighted by molar-refractivity contribution is 5.93. The molecule has 2 atom stereocenters. The van der Waals surface area contributed by atoms with Crippen molar-refractivity contribution in [2.45, 2.75) is 25.6 Å². The van der Waals surface area contributed by atoms with E-state index < -0.39 is 23.6 Å². The largest absolute Gasteiger partial charge is 0.462 e. The van der Waals surface area contributed by atoms with Gasteiger partial charge in [-0.25, -0.2) is 4.79 Å². The molecule has 23 heavy (non-hydrogen) atoms. The second-order valence-electron chi connectivity index (χ2n) is 5.15. The van der Waals surface area contributed by atoms with Crippen LogP contribution in [0.15, 0.2) is 29.2 Å². The summed E-state index contributed by atoms with van der Waals surface area (Å²) >= 11 is 0. The molecule has 1 aromatic heterocycles. The molecule has 0 aliphatic rings. The van der Waals surface area contributed by atoms with E-state index in [4.69, 9.17) is 10.5 Å². The van der Waals surface area contributed by atoms with Gasteiger partial charge in [0, 0.05) is 17.1 Å². The summed E-state index contributed by atoms with van der Waals surface area (Å²) < 4.78 is 4.84. The number of aliphatic hydroxyl groups excluding tert-OH is 2. The fourth-order valence-electron chi connectivity index (χ4n) is 2.33. The minimum Gasteiger partial charge on any atom is -0.462 e. The minimum absolute atomic E-state index is 0.103. The number of ether oxygens (including phenoxy) is 1. The number of benzene rings is 1. The Morgan fingerprint density at radius 3 is 2.78 bits per heavy atom. The highest BCUT2D eigenvalue weighted by Gasteiger charge is 2.19. The van der Waals surface area contributed by atoms with Crippen molar-refractivity contribution < 1.29 is 19.7 Å². The number of rotatable bonds is 6. The van der Waals surface area contributed by atoms with Crippen molar-refractivity contribution in [1.82, 2.24) is 4.98 Å². The molecule has 1 aromatic carbocycles. The van der Waals surface area contributed by atoms with Crippen molar-refractivity contribution in [2.75, 3.05) is 13.2 Å². The summed E-state index contributed by atoms with van der Waals surface area (Å²) in [5.41, 5.74) is 5.67. The average Bonchev–Trinajstić information content (AvgIpc) is 2.54. The number of hydrogen-bond acceptors (Lipinski definition) is 6. The van der Waals surface area contributed by atoms with Gasteiger partial charge in [0.25, 0.3) is 0 Å². The van der Waals surface area contributed by atoms with Crippen LogP contribution in [0, 0.1) is 0 Å². The molecule has 0 saturated heterocycles. The third kappa shape index (κ3) is 3.58. The van der Waals surface area contributed by atoms with Gasteiger partial charge in [0.05, 0.1) is 12.7 Å². The van der Waals surface area contributed by atoms with Crippen molar-refractivity contribution in [3.8, 4) is 0 Å². The molecule has 0 amide bonds. The van der Waals surface area contributed by atoms with Crippen LogP contribution >= 0.6 is 0 Å². The van der Waals surface area contributed by atoms with Crippen LogP contribution in [0.25, 0.3) is 10.9 Å². The van der Waals surface area contributed by atoms with E-state index in [1.54, 1.807) is 19.1 Å². The van der Waals surface area contributed by atoms with Gasteiger partial charge in [0.1, 0.15) is 11.7 Å². The van der Waals surface area contributed by atoms with Crippen LogP contribution in [-0.4, -0.2) is 40.4 Å². The number of aromatic amines is 1. The van der Waals surface area contributed by atoms with Crippen LogP contribution in [0.4, 0.5) is 0 Å². The zero-order valence-electron chi connectivity index (χ0n) is 12.8. The summed E-state index contributed by atoms with van der Waals surface area (Å²) in [4.78, 5) is 27.1. The summed E-state index contributed by atoms with van der Waals surface area (Å²) in [6, 6.07) is 4.67. The molecule has 1 heterocycles. The molecule has 2 rings (SSSR count). The standard InChI is InChI=1S/C16H20N2O5/c1-2-23-16(22)11-8-18-12-4-3-9(7-10(12)15(11)21)14(20)13(19)5-6-17/h3-4,7-8,13-14,19-20H,2,5-6,17H2,1H3,(H,18,21). The van der Waals surface area contributed by atoms with Crippen LogP contribution in [0.1, 0.15) is 35.4 Å². The Bertz CT molecular complexity index is 756. The zero-order valence-corrected chi connectivity index (χ0v) is 12.8. The van der Waals surface area contributed by atoms with Gasteiger partial charge in [-0.1, -0.05) is 6.07 Å². The number of fused-ring (bicyclic) bond motifs is 1. The molecule has 0 fully saturated rings. The maximum atomic E-state index is 12.4. The Balaban J connectivity index is 2.47. The van der Waals surface area contributed by atoms with Crippen molar-refractivity contribution in [3.05, 3.63) is 45.7 Å². The van der Waals surface area contributed by atoms with E-state index in [-0.39, 0.29) is 30.5 Å². The smallest absolute Gasteiger partial charge is 0.343 e. The number of nitrogens with two attached hydrogens (primary N) is 1. The monoisotopic (exact) mass is 320 g/mol. The molecule has 7 nitrogen and oxygen atoms in total. The maximum Gasteiger partial charge on any atom is 0.343 e. The first kappa shape index (κ1) is 17.1. The van der Waals surface area contributed by atoms with Crippen molar-refractivity contribution in [2.24, 2.45) is 5.73 Å². The Labute approximate surface area is 132 Å². The Morgan fingerprint density at radius 1 is 1.39 bits per heavy atom. The second-order valence-corrected chi connectivity index (χ2v) is 5.15. The van der Waals surface area contributed by atoms with Gasteiger partial charge in [0.15, 0.2) is 0 Å². The first-order valence-corrected chi connectivity index (χ1v) is 7.38. The van der Waals surface area contributed by atoms with Crippen LogP contribution < -0.4 is 11.2 Å². The highest BCUT2D eigenvalue weighted by atomic mass is 16.5. The number of H-pyrrole nitrogens is 1. The van der Waals surface area contributed by atoms with E-state index in [2.05, 4.69) is 4.98 Å². The van der Waals surface area contributed by atoms with Crippen molar-refractivity contribution in [1.29, 1.82) is 0 Å². The Hall–Kier alpha value is -2.22. The number of hydrogen-bond donors (Lipinski definition) is 4. The van der Waals surface area contributed by atoms with Crippen LogP contribution in [0.5, 0.6) is 0 Å². The highest BCUT2D eigenvalue weighted by Crippen LogP contribution is 2.21. The number of aliphatic hydroxyl groups is 2. The van der Waals surface area contributed by atoms with Gasteiger partial charge in [-0.15, -0.1) is 0 Å². The van der Waals surface area contributed by atoms with E-state index in [9.17, 15) is 19.8 Å². The summed E-state index contributed by atoms with van der Waals surface area (Å²) in [6.07, 6.45) is -0.640. The third-order valence-corrected chi connectivity index (χ3v) is 3.57.